The van der Waals surface area contributed by atoms with E-state index in [1.54, 1.807) is 6.92 Å². The first kappa shape index (κ1) is 12.9. The molecule has 0 spiro atoms. The molecule has 4 bridgehead atoms. The van der Waals surface area contributed by atoms with E-state index in [1.807, 2.05) is 0 Å². The molecule has 0 aliphatic heterocycles. The van der Waals surface area contributed by atoms with Gasteiger partial charge in [0, 0.05) is 11.5 Å². The summed E-state index contributed by atoms with van der Waals surface area (Å²) in [5.41, 5.74) is 0.386. The zero-order valence-electron chi connectivity index (χ0n) is 12.7. The molecule has 4 aliphatic rings. The van der Waals surface area contributed by atoms with Crippen molar-refractivity contribution in [3.05, 3.63) is 12.2 Å². The summed E-state index contributed by atoms with van der Waals surface area (Å²) in [4.78, 5) is 12.1. The predicted octanol–water partition coefficient (Wildman–Crippen LogP) is 3.96. The van der Waals surface area contributed by atoms with Crippen molar-refractivity contribution in [2.45, 2.75) is 58.0 Å². The van der Waals surface area contributed by atoms with Crippen LogP contribution in [-0.4, -0.2) is 11.6 Å². The molecule has 2 unspecified atom stereocenters. The van der Waals surface area contributed by atoms with Crippen LogP contribution in [0.5, 0.6) is 0 Å². The number of fused-ring (bicyclic) bond motifs is 9. The molecule has 4 rings (SSSR count). The quantitative estimate of drug-likeness (QED) is 0.442. The molecule has 4 fully saturated rings. The fourth-order valence-corrected chi connectivity index (χ4v) is 6.56. The van der Waals surface area contributed by atoms with Crippen LogP contribution in [0.1, 0.15) is 52.4 Å². The Balaban J connectivity index is 1.62. The van der Waals surface area contributed by atoms with E-state index in [4.69, 9.17) is 4.74 Å². The predicted molar refractivity (Wildman–Crippen MR) is 78.0 cm³/mol. The van der Waals surface area contributed by atoms with Crippen molar-refractivity contribution in [1.29, 1.82) is 0 Å². The Bertz CT molecular complexity index is 468. The average Bonchev–Trinajstić information content (AvgIpc) is 3.15. The Morgan fingerprint density at radius 2 is 1.90 bits per heavy atom. The van der Waals surface area contributed by atoms with Crippen LogP contribution in [0.25, 0.3) is 0 Å². The maximum absolute atomic E-state index is 12.1. The van der Waals surface area contributed by atoms with E-state index in [2.05, 4.69) is 13.5 Å². The van der Waals surface area contributed by atoms with Crippen LogP contribution in [0.3, 0.4) is 0 Å². The SMILES string of the molecule is C=C(C)C(=O)O[C@@]1(CC)C[C@H]2C[C@@H]1C1C2[C@@H]2CC[C@H]1C2. The van der Waals surface area contributed by atoms with Crippen LogP contribution in [-0.2, 0) is 9.53 Å². The molecule has 0 amide bonds. The summed E-state index contributed by atoms with van der Waals surface area (Å²) < 4.78 is 6.02. The van der Waals surface area contributed by atoms with Gasteiger partial charge in [0.2, 0.25) is 0 Å². The van der Waals surface area contributed by atoms with E-state index in [9.17, 15) is 4.79 Å². The van der Waals surface area contributed by atoms with Crippen LogP contribution >= 0.6 is 0 Å². The number of hydrogen-bond acceptors (Lipinski definition) is 2. The number of esters is 1. The zero-order valence-corrected chi connectivity index (χ0v) is 12.7. The van der Waals surface area contributed by atoms with Gasteiger partial charge in [0.05, 0.1) is 0 Å². The summed E-state index contributed by atoms with van der Waals surface area (Å²) in [5, 5.41) is 0. The molecular weight excluding hydrogens is 248 g/mol. The monoisotopic (exact) mass is 274 g/mol. The number of carbonyl (C=O) groups excluding carboxylic acids is 1. The molecule has 0 saturated heterocycles. The topological polar surface area (TPSA) is 26.3 Å². The van der Waals surface area contributed by atoms with Crippen LogP contribution in [0.15, 0.2) is 12.2 Å². The lowest BCUT2D eigenvalue weighted by Gasteiger charge is -2.45. The van der Waals surface area contributed by atoms with E-state index in [0.717, 1.165) is 42.4 Å². The van der Waals surface area contributed by atoms with E-state index in [-0.39, 0.29) is 11.6 Å². The first-order valence-corrected chi connectivity index (χ1v) is 8.44. The molecular formula is C18H26O2. The Hall–Kier alpha value is -0.790. The number of hydrogen-bond donors (Lipinski definition) is 0. The molecule has 0 N–H and O–H groups in total. The van der Waals surface area contributed by atoms with Crippen molar-refractivity contribution in [3.8, 4) is 0 Å². The van der Waals surface area contributed by atoms with Crippen molar-refractivity contribution in [1.82, 2.24) is 0 Å². The zero-order chi connectivity index (χ0) is 14.1. The van der Waals surface area contributed by atoms with Crippen molar-refractivity contribution in [2.24, 2.45) is 35.5 Å². The molecule has 4 saturated carbocycles. The third-order valence-corrected chi connectivity index (χ3v) is 7.14. The molecule has 0 aromatic carbocycles. The van der Waals surface area contributed by atoms with Gasteiger partial charge in [0.15, 0.2) is 0 Å². The van der Waals surface area contributed by atoms with Crippen molar-refractivity contribution >= 4 is 5.97 Å². The van der Waals surface area contributed by atoms with Gasteiger partial charge in [-0.15, -0.1) is 0 Å². The highest BCUT2D eigenvalue weighted by atomic mass is 16.6. The molecule has 0 aromatic heterocycles. The van der Waals surface area contributed by atoms with E-state index in [0.29, 0.717) is 11.5 Å². The molecule has 20 heavy (non-hydrogen) atoms. The summed E-state index contributed by atoms with van der Waals surface area (Å²) in [6.45, 7) is 7.72. The van der Waals surface area contributed by atoms with Gasteiger partial charge in [0.25, 0.3) is 0 Å². The fourth-order valence-electron chi connectivity index (χ4n) is 6.56. The maximum atomic E-state index is 12.1. The Morgan fingerprint density at radius 3 is 2.55 bits per heavy atom. The Kier molecular flexibility index (Phi) is 2.66. The van der Waals surface area contributed by atoms with Gasteiger partial charge in [-0.1, -0.05) is 13.5 Å². The molecule has 110 valence electrons. The van der Waals surface area contributed by atoms with Gasteiger partial charge in [-0.05, 0) is 75.0 Å². The van der Waals surface area contributed by atoms with E-state index < -0.39 is 0 Å². The van der Waals surface area contributed by atoms with Gasteiger partial charge in [0.1, 0.15) is 5.60 Å². The fraction of sp³-hybridized carbons (Fsp3) is 0.833. The second-order valence-corrected chi connectivity index (χ2v) is 7.88. The Morgan fingerprint density at radius 1 is 1.20 bits per heavy atom. The van der Waals surface area contributed by atoms with Crippen LogP contribution in [0.4, 0.5) is 0 Å². The largest absolute Gasteiger partial charge is 0.455 e. The molecule has 4 aliphatic carbocycles. The Labute approximate surface area is 122 Å². The minimum atomic E-state index is -0.167. The molecule has 0 radical (unpaired) electrons. The van der Waals surface area contributed by atoms with Gasteiger partial charge in [-0.2, -0.15) is 0 Å². The van der Waals surface area contributed by atoms with E-state index in [1.165, 1.54) is 25.7 Å². The van der Waals surface area contributed by atoms with E-state index >= 15 is 0 Å². The highest BCUT2D eigenvalue weighted by molar-refractivity contribution is 5.87. The minimum absolute atomic E-state index is 0.160. The summed E-state index contributed by atoms with van der Waals surface area (Å²) in [6, 6.07) is 0. The van der Waals surface area contributed by atoms with Gasteiger partial charge >= 0.3 is 5.97 Å². The lowest BCUT2D eigenvalue weighted by atomic mass is 9.65. The van der Waals surface area contributed by atoms with Gasteiger partial charge < -0.3 is 4.74 Å². The van der Waals surface area contributed by atoms with Crippen LogP contribution in [0, 0.1) is 35.5 Å². The highest BCUT2D eigenvalue weighted by Gasteiger charge is 2.67. The molecule has 7 atom stereocenters. The first-order valence-electron chi connectivity index (χ1n) is 8.44. The number of ether oxygens (including phenoxy) is 1. The molecule has 0 heterocycles. The summed E-state index contributed by atoms with van der Waals surface area (Å²) in [5.74, 6) is 5.09. The summed E-state index contributed by atoms with van der Waals surface area (Å²) in [6.07, 6.45) is 7.80. The molecule has 2 heteroatoms. The van der Waals surface area contributed by atoms with Crippen molar-refractivity contribution in [3.63, 3.8) is 0 Å². The lowest BCUT2D eigenvalue weighted by molar-refractivity contribution is -0.167. The summed E-state index contributed by atoms with van der Waals surface area (Å²) >= 11 is 0. The third kappa shape index (κ3) is 1.48. The first-order chi connectivity index (χ1) is 9.55. The standard InChI is InChI=1S/C18H26O2/c1-4-18(20-17(19)10(2)3)9-13-8-14(18)16-12-6-5-11(7-12)15(13)16/h11-16H,2,4-9H2,1,3H3/t11-,12+,13-,14-,15?,16?,18+/m1/s1. The number of rotatable bonds is 3. The van der Waals surface area contributed by atoms with Gasteiger partial charge in [-0.25, -0.2) is 4.79 Å². The van der Waals surface area contributed by atoms with Crippen molar-refractivity contribution in [2.75, 3.05) is 0 Å². The molecule has 0 aromatic rings. The van der Waals surface area contributed by atoms with Crippen LogP contribution < -0.4 is 0 Å². The second-order valence-electron chi connectivity index (χ2n) is 7.88. The second kappa shape index (κ2) is 4.11. The summed E-state index contributed by atoms with van der Waals surface area (Å²) in [7, 11) is 0. The minimum Gasteiger partial charge on any atom is -0.455 e. The molecule has 2 nitrogen and oxygen atoms in total. The third-order valence-electron chi connectivity index (χ3n) is 7.14. The van der Waals surface area contributed by atoms with Crippen LogP contribution in [0.2, 0.25) is 0 Å². The average molecular weight is 274 g/mol. The van der Waals surface area contributed by atoms with Crippen molar-refractivity contribution < 1.29 is 9.53 Å². The maximum Gasteiger partial charge on any atom is 0.333 e. The lowest BCUT2D eigenvalue weighted by Crippen LogP contribution is -2.47. The smallest absolute Gasteiger partial charge is 0.333 e. The highest BCUT2D eigenvalue weighted by Crippen LogP contribution is 2.70. The normalized spacial score (nSPS) is 51.3. The number of carbonyl (C=O) groups is 1. The van der Waals surface area contributed by atoms with Gasteiger partial charge in [-0.3, -0.25) is 0 Å².